The van der Waals surface area contributed by atoms with Crippen LogP contribution in [0.5, 0.6) is 0 Å². The van der Waals surface area contributed by atoms with E-state index in [0.29, 0.717) is 13.0 Å². The van der Waals surface area contributed by atoms with Crippen molar-refractivity contribution < 1.29 is 22.9 Å². The van der Waals surface area contributed by atoms with Crippen molar-refractivity contribution in [3.63, 3.8) is 0 Å². The Morgan fingerprint density at radius 1 is 0.950 bits per heavy atom. The zero-order valence-corrected chi connectivity index (χ0v) is 30.7. The van der Waals surface area contributed by atoms with E-state index in [1.165, 1.54) is 19.3 Å². The SMILES string of the molecule is CCCCC[C@@H](/C=C/[C@@H]1[C@H](C/C=C\CCCC(=O)O[Si](C)(C)C)/C(=N\OCC)C[C@H]1O[Si](C)(C)C)O[Si](C)(C)C. The van der Waals surface area contributed by atoms with Gasteiger partial charge in [-0.3, -0.25) is 4.79 Å². The lowest BCUT2D eigenvalue weighted by molar-refractivity contribution is -0.135. The van der Waals surface area contributed by atoms with E-state index in [0.717, 1.165) is 37.8 Å². The highest BCUT2D eigenvalue weighted by Crippen LogP contribution is 2.38. The van der Waals surface area contributed by atoms with Crippen LogP contribution in [-0.4, -0.2) is 55.4 Å². The maximum absolute atomic E-state index is 12.1. The predicted octanol–water partition coefficient (Wildman–Crippen LogP) is 9.09. The van der Waals surface area contributed by atoms with Crippen LogP contribution in [0.25, 0.3) is 0 Å². The molecule has 0 radical (unpaired) electrons. The Bertz CT molecular complexity index is 824. The number of hydrogen-bond donors (Lipinski definition) is 0. The van der Waals surface area contributed by atoms with Crippen molar-refractivity contribution in [2.24, 2.45) is 17.0 Å². The maximum atomic E-state index is 12.1. The second-order valence-corrected chi connectivity index (χ2v) is 27.3. The molecule has 0 N–H and O–H groups in total. The van der Waals surface area contributed by atoms with Gasteiger partial charge in [0.2, 0.25) is 8.32 Å². The zero-order chi connectivity index (χ0) is 30.4. The lowest BCUT2D eigenvalue weighted by Gasteiger charge is -2.29. The number of nitrogens with zero attached hydrogens (tertiary/aromatic N) is 1. The van der Waals surface area contributed by atoms with Crippen LogP contribution in [0, 0.1) is 11.8 Å². The molecule has 40 heavy (non-hydrogen) atoms. The Hall–Kier alpha value is -1.01. The lowest BCUT2D eigenvalue weighted by atomic mass is 9.89. The van der Waals surface area contributed by atoms with Gasteiger partial charge in [-0.25, -0.2) is 0 Å². The molecule has 0 aromatic carbocycles. The summed E-state index contributed by atoms with van der Waals surface area (Å²) in [5, 5.41) is 4.58. The van der Waals surface area contributed by atoms with Gasteiger partial charge < -0.3 is 18.1 Å². The van der Waals surface area contributed by atoms with Crippen molar-refractivity contribution in [2.45, 2.75) is 143 Å². The Morgan fingerprint density at radius 3 is 2.23 bits per heavy atom. The Kier molecular flexibility index (Phi) is 16.5. The number of allylic oxidation sites excluding steroid dienone is 2. The van der Waals surface area contributed by atoms with Crippen LogP contribution in [0.1, 0.15) is 71.6 Å². The largest absolute Gasteiger partial charge is 0.520 e. The van der Waals surface area contributed by atoms with E-state index in [1.54, 1.807) is 0 Å². The van der Waals surface area contributed by atoms with Crippen LogP contribution >= 0.6 is 0 Å². The standard InChI is InChI=1S/C31H61NO5Si3/c1-12-14-17-20-26(35-38(3,4)5)23-24-28-27(21-18-15-16-19-22-31(33)37-40(9,10)11)29(32-34-13-2)25-30(28)36-39(6,7)8/h15,18,23-24,26-28,30H,12-14,16-17,19-22,25H2,1-11H3/b18-15-,24-23+,32-29-/t26-,27-,28+,30+/m0/s1. The fraction of sp³-hybridized carbons (Fsp3) is 0.806. The highest BCUT2D eigenvalue weighted by molar-refractivity contribution is 6.71. The topological polar surface area (TPSA) is 66.4 Å². The third kappa shape index (κ3) is 17.1. The Morgan fingerprint density at radius 2 is 1.65 bits per heavy atom. The first-order valence-electron chi connectivity index (χ1n) is 15.6. The molecule has 1 fully saturated rings. The number of carbonyl (C=O) groups is 1. The summed E-state index contributed by atoms with van der Waals surface area (Å²) in [7, 11) is -5.26. The van der Waals surface area contributed by atoms with Crippen LogP contribution < -0.4 is 0 Å². The summed E-state index contributed by atoms with van der Waals surface area (Å²) in [6.45, 7) is 24.5. The molecule has 0 aromatic rings. The first-order valence-corrected chi connectivity index (χ1v) is 25.9. The molecular weight excluding hydrogens is 551 g/mol. The van der Waals surface area contributed by atoms with E-state index in [4.69, 9.17) is 18.1 Å². The van der Waals surface area contributed by atoms with Crippen LogP contribution in [0.4, 0.5) is 0 Å². The van der Waals surface area contributed by atoms with Crippen LogP contribution in [0.2, 0.25) is 58.9 Å². The van der Waals surface area contributed by atoms with Crippen molar-refractivity contribution in [2.75, 3.05) is 6.61 Å². The van der Waals surface area contributed by atoms with Crippen LogP contribution in [-0.2, 0) is 22.9 Å². The minimum absolute atomic E-state index is 0.0694. The summed E-state index contributed by atoms with van der Waals surface area (Å²) in [5.41, 5.74) is 1.09. The van der Waals surface area contributed by atoms with Crippen molar-refractivity contribution in [1.29, 1.82) is 0 Å². The van der Waals surface area contributed by atoms with Crippen LogP contribution in [0.3, 0.4) is 0 Å². The zero-order valence-electron chi connectivity index (χ0n) is 27.7. The third-order valence-electron chi connectivity index (χ3n) is 6.42. The second kappa shape index (κ2) is 17.8. The summed E-state index contributed by atoms with van der Waals surface area (Å²) in [4.78, 5) is 17.6. The number of carbonyl (C=O) groups excluding carboxylic acids is 1. The van der Waals surface area contributed by atoms with Gasteiger partial charge in [-0.05, 0) is 91.5 Å². The average molecular weight is 612 g/mol. The summed E-state index contributed by atoms with van der Waals surface area (Å²) >= 11 is 0. The Balaban J connectivity index is 3.08. The fourth-order valence-corrected chi connectivity index (χ4v) is 8.01. The molecule has 4 atom stereocenters. The average Bonchev–Trinajstić information content (AvgIpc) is 3.10. The van der Waals surface area contributed by atoms with E-state index in [1.807, 2.05) is 26.6 Å². The van der Waals surface area contributed by atoms with Gasteiger partial charge in [0.1, 0.15) is 6.61 Å². The van der Waals surface area contributed by atoms with Crippen molar-refractivity contribution >= 4 is 36.6 Å². The van der Waals surface area contributed by atoms with Crippen molar-refractivity contribution in [1.82, 2.24) is 0 Å². The molecule has 1 rings (SSSR count). The van der Waals surface area contributed by atoms with E-state index in [-0.39, 0.29) is 30.0 Å². The normalized spacial score (nSPS) is 22.5. The molecule has 1 aliphatic rings. The smallest absolute Gasteiger partial charge is 0.292 e. The van der Waals surface area contributed by atoms with E-state index in [2.05, 4.69) is 75.7 Å². The van der Waals surface area contributed by atoms with Crippen molar-refractivity contribution in [3.05, 3.63) is 24.3 Å². The monoisotopic (exact) mass is 611 g/mol. The molecular formula is C31H61NO5Si3. The first kappa shape index (κ1) is 37.0. The molecule has 1 saturated carbocycles. The minimum atomic E-state index is -1.82. The third-order valence-corrected chi connectivity index (χ3v) is 9.28. The van der Waals surface area contributed by atoms with Crippen LogP contribution in [0.15, 0.2) is 29.5 Å². The minimum Gasteiger partial charge on any atom is -0.520 e. The van der Waals surface area contributed by atoms with Gasteiger partial charge in [-0.1, -0.05) is 55.6 Å². The number of hydrogen-bond acceptors (Lipinski definition) is 6. The number of unbranched alkanes of at least 4 members (excludes halogenated alkanes) is 3. The summed E-state index contributed by atoms with van der Waals surface area (Å²) in [5.74, 6) is 0.377. The second-order valence-electron chi connectivity index (χ2n) is 14.0. The molecule has 0 amide bonds. The molecule has 0 saturated heterocycles. The summed E-state index contributed by atoms with van der Waals surface area (Å²) in [6, 6.07) is 0. The van der Waals surface area contributed by atoms with E-state index >= 15 is 0 Å². The number of rotatable bonds is 19. The highest BCUT2D eigenvalue weighted by Gasteiger charge is 2.42. The van der Waals surface area contributed by atoms with Gasteiger partial charge in [0, 0.05) is 24.7 Å². The van der Waals surface area contributed by atoms with Gasteiger partial charge in [0.15, 0.2) is 16.6 Å². The molecule has 0 unspecified atom stereocenters. The molecule has 0 spiro atoms. The molecule has 0 aromatic heterocycles. The maximum Gasteiger partial charge on any atom is 0.292 e. The predicted molar refractivity (Wildman–Crippen MR) is 177 cm³/mol. The molecule has 232 valence electrons. The van der Waals surface area contributed by atoms with Crippen molar-refractivity contribution in [3.8, 4) is 0 Å². The summed E-state index contributed by atoms with van der Waals surface area (Å²) < 4.78 is 18.9. The molecule has 9 heteroatoms. The summed E-state index contributed by atoms with van der Waals surface area (Å²) in [6.07, 6.45) is 17.9. The van der Waals surface area contributed by atoms with E-state index in [9.17, 15) is 4.79 Å². The van der Waals surface area contributed by atoms with Gasteiger partial charge in [-0.15, -0.1) is 0 Å². The quantitative estimate of drug-likeness (QED) is 0.0631. The van der Waals surface area contributed by atoms with Gasteiger partial charge in [-0.2, -0.15) is 0 Å². The molecule has 0 bridgehead atoms. The first-order chi connectivity index (χ1) is 18.5. The van der Waals surface area contributed by atoms with E-state index < -0.39 is 25.0 Å². The van der Waals surface area contributed by atoms with Gasteiger partial charge >= 0.3 is 0 Å². The van der Waals surface area contributed by atoms with Gasteiger partial charge in [0.05, 0.1) is 17.9 Å². The Labute approximate surface area is 249 Å². The highest BCUT2D eigenvalue weighted by atomic mass is 28.4. The number of oxime groups is 1. The molecule has 6 nitrogen and oxygen atoms in total. The lowest BCUT2D eigenvalue weighted by Crippen LogP contribution is -2.35. The van der Waals surface area contributed by atoms with Gasteiger partial charge in [0.25, 0.3) is 5.97 Å². The molecule has 0 heterocycles. The molecule has 1 aliphatic carbocycles. The fourth-order valence-electron chi connectivity index (χ4n) is 4.97. The molecule has 0 aliphatic heterocycles.